The first-order valence-electron chi connectivity index (χ1n) is 10.0. The van der Waals surface area contributed by atoms with Gasteiger partial charge in [-0.1, -0.05) is 49.6 Å². The van der Waals surface area contributed by atoms with E-state index in [4.69, 9.17) is 0 Å². The summed E-state index contributed by atoms with van der Waals surface area (Å²) < 4.78 is 0. The smallest absolute Gasteiger partial charge is 0.226 e. The number of amides is 2. The van der Waals surface area contributed by atoms with E-state index in [9.17, 15) is 9.59 Å². The van der Waals surface area contributed by atoms with E-state index in [1.165, 1.54) is 18.1 Å². The van der Waals surface area contributed by atoms with Crippen molar-refractivity contribution in [3.63, 3.8) is 0 Å². The molecule has 0 atom stereocenters. The van der Waals surface area contributed by atoms with Gasteiger partial charge in [0.05, 0.1) is 5.82 Å². The Labute approximate surface area is 177 Å². The Hall–Kier alpha value is -3.54. The van der Waals surface area contributed by atoms with Crippen LogP contribution in [0.3, 0.4) is 0 Å². The normalized spacial score (nSPS) is 12.3. The molecule has 1 heterocycles. The van der Waals surface area contributed by atoms with Crippen LogP contribution in [0.25, 0.3) is 5.70 Å². The van der Waals surface area contributed by atoms with E-state index >= 15 is 0 Å². The van der Waals surface area contributed by atoms with Crippen molar-refractivity contribution in [3.05, 3.63) is 84.2 Å². The first kappa shape index (κ1) is 21.2. The predicted octanol–water partition coefficient (Wildman–Crippen LogP) is 3.59. The summed E-state index contributed by atoms with van der Waals surface area (Å²) in [6.07, 6.45) is 0.983. The van der Waals surface area contributed by atoms with Crippen LogP contribution in [-0.2, 0) is 22.7 Å². The minimum Gasteiger partial charge on any atom is -0.368 e. The number of carbonyl (C=O) groups excluding carboxylic acids is 2. The molecular weight excluding hydrogens is 376 g/mol. The maximum absolute atomic E-state index is 11.7. The summed E-state index contributed by atoms with van der Waals surface area (Å²) in [5, 5.41) is 8.91. The second-order valence-corrected chi connectivity index (χ2v) is 7.34. The Bertz CT molecular complexity index is 953. The van der Waals surface area contributed by atoms with Crippen LogP contribution in [0.15, 0.2) is 67.5 Å². The van der Waals surface area contributed by atoms with E-state index in [1.807, 2.05) is 36.4 Å². The molecule has 0 saturated heterocycles. The van der Waals surface area contributed by atoms with E-state index in [-0.39, 0.29) is 11.8 Å². The van der Waals surface area contributed by atoms with Crippen molar-refractivity contribution in [3.8, 4) is 0 Å². The number of rotatable bonds is 9. The van der Waals surface area contributed by atoms with Crippen LogP contribution in [0.1, 0.15) is 36.5 Å². The van der Waals surface area contributed by atoms with Crippen LogP contribution in [0.5, 0.6) is 0 Å². The molecule has 0 spiro atoms. The summed E-state index contributed by atoms with van der Waals surface area (Å²) in [6, 6.07) is 16.1. The van der Waals surface area contributed by atoms with Crippen molar-refractivity contribution in [1.82, 2.24) is 15.5 Å². The minimum absolute atomic E-state index is 0.237. The number of anilines is 1. The molecule has 6 heteroatoms. The number of hydrogen-bond acceptors (Lipinski definition) is 5. The number of benzene rings is 2. The van der Waals surface area contributed by atoms with Gasteiger partial charge in [-0.05, 0) is 29.7 Å². The molecule has 1 aliphatic heterocycles. The van der Waals surface area contributed by atoms with E-state index in [2.05, 4.69) is 46.1 Å². The second-order valence-electron chi connectivity index (χ2n) is 7.34. The van der Waals surface area contributed by atoms with Crippen LogP contribution >= 0.6 is 0 Å². The van der Waals surface area contributed by atoms with Gasteiger partial charge in [0.25, 0.3) is 0 Å². The molecular formula is C24H28N4O2. The Morgan fingerprint density at radius 3 is 2.60 bits per heavy atom. The lowest BCUT2D eigenvalue weighted by molar-refractivity contribution is -0.129. The zero-order chi connectivity index (χ0) is 21.5. The zero-order valence-corrected chi connectivity index (χ0v) is 17.3. The molecule has 1 aliphatic rings. The van der Waals surface area contributed by atoms with Crippen molar-refractivity contribution < 1.29 is 9.59 Å². The van der Waals surface area contributed by atoms with Crippen molar-refractivity contribution in [2.24, 2.45) is 0 Å². The van der Waals surface area contributed by atoms with Crippen LogP contribution < -0.4 is 16.0 Å². The molecule has 6 nitrogen and oxygen atoms in total. The van der Waals surface area contributed by atoms with Crippen molar-refractivity contribution >= 4 is 23.2 Å². The maximum Gasteiger partial charge on any atom is 0.226 e. The van der Waals surface area contributed by atoms with Crippen molar-refractivity contribution in [2.75, 3.05) is 11.9 Å². The monoisotopic (exact) mass is 404 g/mol. The molecule has 2 aromatic rings. The molecule has 156 valence electrons. The number of hydrogen-bond donors (Lipinski definition) is 3. The van der Waals surface area contributed by atoms with Gasteiger partial charge < -0.3 is 15.5 Å². The molecule has 0 unspecified atom stereocenters. The average molecular weight is 405 g/mol. The van der Waals surface area contributed by atoms with Crippen LogP contribution in [-0.4, -0.2) is 23.3 Å². The second kappa shape index (κ2) is 9.78. The fourth-order valence-corrected chi connectivity index (χ4v) is 3.56. The highest BCUT2D eigenvalue weighted by atomic mass is 16.2. The molecule has 0 radical (unpaired) electrons. The summed E-state index contributed by atoms with van der Waals surface area (Å²) in [7, 11) is 0. The predicted molar refractivity (Wildman–Crippen MR) is 120 cm³/mol. The SMILES string of the molecule is C=C(NCc1cccc2c1CN(CCCC(=O)NC(C)=O)C2=C)Nc1ccccc1. The summed E-state index contributed by atoms with van der Waals surface area (Å²) in [4.78, 5) is 24.8. The number of fused-ring (bicyclic) bond motifs is 1. The third-order valence-electron chi connectivity index (χ3n) is 5.02. The highest BCUT2D eigenvalue weighted by molar-refractivity contribution is 5.93. The van der Waals surface area contributed by atoms with Gasteiger partial charge in [-0.25, -0.2) is 0 Å². The number of nitrogens with zero attached hydrogens (tertiary/aromatic N) is 1. The van der Waals surface area contributed by atoms with E-state index in [0.29, 0.717) is 25.9 Å². The summed E-state index contributed by atoms with van der Waals surface area (Å²) in [5.41, 5.74) is 5.54. The molecule has 0 bridgehead atoms. The van der Waals surface area contributed by atoms with Gasteiger partial charge >= 0.3 is 0 Å². The minimum atomic E-state index is -0.321. The maximum atomic E-state index is 11.7. The Kier molecular flexibility index (Phi) is 6.91. The number of imide groups is 1. The topological polar surface area (TPSA) is 73.5 Å². The van der Waals surface area contributed by atoms with Crippen LogP contribution in [0.4, 0.5) is 5.69 Å². The summed E-state index contributed by atoms with van der Waals surface area (Å²) in [6.45, 7) is 11.8. The first-order valence-corrected chi connectivity index (χ1v) is 10.0. The summed E-state index contributed by atoms with van der Waals surface area (Å²) in [5.74, 6) is 0.182. The fraction of sp³-hybridized carbons (Fsp3) is 0.250. The lowest BCUT2D eigenvalue weighted by atomic mass is 10.0. The summed E-state index contributed by atoms with van der Waals surface area (Å²) >= 11 is 0. The van der Waals surface area contributed by atoms with Crippen LogP contribution in [0.2, 0.25) is 0 Å². The zero-order valence-electron chi connectivity index (χ0n) is 17.3. The first-order chi connectivity index (χ1) is 14.4. The number of carbonyl (C=O) groups is 2. The lowest BCUT2D eigenvalue weighted by Gasteiger charge is -2.19. The van der Waals surface area contributed by atoms with E-state index in [1.54, 1.807) is 0 Å². The molecule has 0 fully saturated rings. The van der Waals surface area contributed by atoms with Gasteiger partial charge in [-0.15, -0.1) is 0 Å². The molecule has 2 amide bonds. The molecule has 0 aliphatic carbocycles. The average Bonchev–Trinajstić information content (AvgIpc) is 3.03. The Morgan fingerprint density at radius 2 is 1.87 bits per heavy atom. The highest BCUT2D eigenvalue weighted by Crippen LogP contribution is 2.33. The molecule has 3 N–H and O–H groups in total. The van der Waals surface area contributed by atoms with Gasteiger partial charge in [0.2, 0.25) is 11.8 Å². The van der Waals surface area contributed by atoms with Crippen LogP contribution in [0, 0.1) is 0 Å². The molecule has 30 heavy (non-hydrogen) atoms. The van der Waals surface area contributed by atoms with Crippen molar-refractivity contribution in [2.45, 2.75) is 32.9 Å². The highest BCUT2D eigenvalue weighted by Gasteiger charge is 2.24. The number of para-hydroxylation sites is 1. The Morgan fingerprint density at radius 1 is 1.10 bits per heavy atom. The molecule has 0 aromatic heterocycles. The third kappa shape index (κ3) is 5.50. The van der Waals surface area contributed by atoms with Crippen molar-refractivity contribution in [1.29, 1.82) is 0 Å². The third-order valence-corrected chi connectivity index (χ3v) is 5.02. The van der Waals surface area contributed by atoms with Gasteiger partial charge in [0.1, 0.15) is 0 Å². The standard InChI is InChI=1S/C24H28N4O2/c1-17-22-12-7-9-20(15-25-18(2)26-21-10-5-4-6-11-21)23(22)16-28(17)14-8-13-24(30)27-19(3)29/h4-7,9-12,25-26H,1-2,8,13-16H2,3H3,(H,27,29,30). The van der Waals surface area contributed by atoms with E-state index in [0.717, 1.165) is 29.3 Å². The quantitative estimate of drug-likeness (QED) is 0.596. The van der Waals surface area contributed by atoms with Gasteiger partial charge in [-0.3, -0.25) is 14.9 Å². The lowest BCUT2D eigenvalue weighted by Crippen LogP contribution is -2.28. The van der Waals surface area contributed by atoms with E-state index < -0.39 is 0 Å². The Balaban J connectivity index is 1.55. The molecule has 2 aromatic carbocycles. The molecule has 3 rings (SSSR count). The molecule has 0 saturated carbocycles. The van der Waals surface area contributed by atoms with Gasteiger partial charge in [0.15, 0.2) is 0 Å². The van der Waals surface area contributed by atoms with Gasteiger partial charge in [-0.2, -0.15) is 0 Å². The fourth-order valence-electron chi connectivity index (χ4n) is 3.56. The number of nitrogens with one attached hydrogen (secondary N) is 3. The largest absolute Gasteiger partial charge is 0.368 e. The van der Waals surface area contributed by atoms with Gasteiger partial charge in [0, 0.05) is 49.9 Å².